The van der Waals surface area contributed by atoms with E-state index in [1.54, 1.807) is 0 Å². The van der Waals surface area contributed by atoms with Crippen molar-refractivity contribution in [3.63, 3.8) is 0 Å². The molecular formula is C27H33NO. The lowest BCUT2D eigenvalue weighted by Crippen LogP contribution is -2.02. The van der Waals surface area contributed by atoms with E-state index in [2.05, 4.69) is 56.1 Å². The highest BCUT2D eigenvalue weighted by atomic mass is 16.1. The molecule has 0 amide bonds. The Labute approximate surface area is 175 Å². The number of rotatable bonds is 7. The number of aliphatic imine (C=N–C) groups is 1. The Morgan fingerprint density at radius 3 is 2.55 bits per heavy atom. The van der Waals surface area contributed by atoms with Crippen molar-refractivity contribution in [3.8, 4) is 11.1 Å². The van der Waals surface area contributed by atoms with Crippen LogP contribution in [0.3, 0.4) is 0 Å². The van der Waals surface area contributed by atoms with Crippen molar-refractivity contribution >= 4 is 11.5 Å². The first kappa shape index (κ1) is 20.1. The van der Waals surface area contributed by atoms with Gasteiger partial charge in [-0.1, -0.05) is 63.8 Å². The van der Waals surface area contributed by atoms with Crippen LogP contribution in [-0.2, 0) is 6.42 Å². The van der Waals surface area contributed by atoms with Gasteiger partial charge in [0.05, 0.1) is 0 Å². The molecule has 2 nitrogen and oxygen atoms in total. The molecule has 2 aromatic carbocycles. The largest absolute Gasteiger partial charge is 0.294 e. The third-order valence-electron chi connectivity index (χ3n) is 7.33. The highest BCUT2D eigenvalue weighted by Gasteiger charge is 2.34. The van der Waals surface area contributed by atoms with Crippen LogP contribution in [0.1, 0.15) is 97.8 Å². The average molecular weight is 388 g/mol. The summed E-state index contributed by atoms with van der Waals surface area (Å²) in [5, 5.41) is 0. The Hall–Kier alpha value is -2.22. The molecule has 0 aromatic heterocycles. The van der Waals surface area contributed by atoms with Gasteiger partial charge in [-0.2, -0.15) is 0 Å². The molecule has 0 N–H and O–H groups in total. The topological polar surface area (TPSA) is 29.4 Å². The Kier molecular flexibility index (Phi) is 5.72. The van der Waals surface area contributed by atoms with E-state index in [9.17, 15) is 4.79 Å². The van der Waals surface area contributed by atoms with Crippen molar-refractivity contribution in [1.29, 1.82) is 0 Å². The molecule has 0 heterocycles. The zero-order valence-electron chi connectivity index (χ0n) is 18.3. The molecule has 1 atom stereocenters. The number of benzene rings is 2. The summed E-state index contributed by atoms with van der Waals surface area (Å²) in [5.41, 5.74) is 10.1. The van der Waals surface area contributed by atoms with Crippen molar-refractivity contribution in [2.75, 3.05) is 7.05 Å². The minimum absolute atomic E-state index is 0.309. The summed E-state index contributed by atoms with van der Waals surface area (Å²) in [5.74, 6) is 1.62. The van der Waals surface area contributed by atoms with E-state index in [0.717, 1.165) is 23.6 Å². The van der Waals surface area contributed by atoms with Gasteiger partial charge in [0, 0.05) is 30.7 Å². The van der Waals surface area contributed by atoms with E-state index >= 15 is 0 Å². The molecule has 0 radical (unpaired) electrons. The molecule has 2 aliphatic carbocycles. The lowest BCUT2D eigenvalue weighted by atomic mass is 9.87. The number of ketones is 1. The minimum atomic E-state index is 0.309. The number of carbonyl (C=O) groups excluding carboxylic acids is 1. The summed E-state index contributed by atoms with van der Waals surface area (Å²) in [4.78, 5) is 16.8. The van der Waals surface area contributed by atoms with E-state index < -0.39 is 0 Å². The third-order valence-corrected chi connectivity index (χ3v) is 7.33. The van der Waals surface area contributed by atoms with Crippen LogP contribution in [0.5, 0.6) is 0 Å². The molecule has 0 saturated heterocycles. The van der Waals surface area contributed by atoms with Gasteiger partial charge in [0.15, 0.2) is 5.78 Å². The molecule has 152 valence electrons. The van der Waals surface area contributed by atoms with Crippen molar-refractivity contribution in [1.82, 2.24) is 0 Å². The van der Waals surface area contributed by atoms with Gasteiger partial charge < -0.3 is 0 Å². The Bertz CT molecular complexity index is 965. The number of Topliss-reactive ketones (excluding diaryl/α,β-unsaturated/α-hetero) is 1. The number of hydrogen-bond donors (Lipinski definition) is 0. The Morgan fingerprint density at radius 1 is 1.07 bits per heavy atom. The fraction of sp³-hybridized carbons (Fsp3) is 0.481. The van der Waals surface area contributed by atoms with Gasteiger partial charge in [0.25, 0.3) is 0 Å². The molecule has 4 rings (SSSR count). The summed E-state index contributed by atoms with van der Waals surface area (Å²) >= 11 is 0. The van der Waals surface area contributed by atoms with Crippen molar-refractivity contribution in [2.24, 2.45) is 10.9 Å². The van der Waals surface area contributed by atoms with Crippen molar-refractivity contribution in [3.05, 3.63) is 58.1 Å². The van der Waals surface area contributed by atoms with Crippen molar-refractivity contribution in [2.45, 2.75) is 71.6 Å². The highest BCUT2D eigenvalue weighted by Crippen LogP contribution is 2.51. The predicted octanol–water partition coefficient (Wildman–Crippen LogP) is 6.97. The number of nitrogens with zero attached hydrogens (tertiary/aromatic N) is 1. The van der Waals surface area contributed by atoms with E-state index in [4.69, 9.17) is 0 Å². The molecule has 0 bridgehead atoms. The van der Waals surface area contributed by atoms with Gasteiger partial charge in [0.2, 0.25) is 0 Å². The summed E-state index contributed by atoms with van der Waals surface area (Å²) in [6.45, 7) is 6.70. The average Bonchev–Trinajstić information content (AvgIpc) is 3.28. The lowest BCUT2D eigenvalue weighted by molar-refractivity contribution is 0.0994. The van der Waals surface area contributed by atoms with Gasteiger partial charge >= 0.3 is 0 Å². The second kappa shape index (κ2) is 8.26. The normalized spacial score (nSPS) is 17.6. The number of fused-ring (bicyclic) bond motifs is 5. The number of hydrogen-bond acceptors (Lipinski definition) is 2. The third kappa shape index (κ3) is 3.47. The molecular weight excluding hydrogens is 354 g/mol. The summed E-state index contributed by atoms with van der Waals surface area (Å²) in [6.07, 6.45) is 7.90. The first-order chi connectivity index (χ1) is 14.1. The molecule has 1 unspecified atom stereocenters. The van der Waals surface area contributed by atoms with E-state index in [1.807, 2.05) is 7.05 Å². The zero-order valence-corrected chi connectivity index (χ0v) is 18.3. The minimum Gasteiger partial charge on any atom is -0.294 e. The molecule has 0 aliphatic heterocycles. The maximum Gasteiger partial charge on any atom is 0.163 e. The second-order valence-electron chi connectivity index (χ2n) is 8.76. The molecule has 0 saturated carbocycles. The lowest BCUT2D eigenvalue weighted by Gasteiger charge is -2.17. The van der Waals surface area contributed by atoms with Gasteiger partial charge in [-0.25, -0.2) is 0 Å². The first-order valence-corrected chi connectivity index (χ1v) is 11.4. The molecule has 2 aromatic rings. The van der Waals surface area contributed by atoms with E-state index in [-0.39, 0.29) is 0 Å². The molecule has 0 spiro atoms. The standard InChI is InChI=1S/C27H33NO/c1-5-18(6-2)8-7-9-20-21-11-10-19(17(3)28-4)16-25(21)27-23(20)13-12-22-24(27)14-15-26(22)29/h10-13,16,18,20H,5-9,14-15H2,1-4H3. The summed E-state index contributed by atoms with van der Waals surface area (Å²) < 4.78 is 0. The van der Waals surface area contributed by atoms with Crippen LogP contribution in [0.15, 0.2) is 35.3 Å². The maximum atomic E-state index is 12.4. The molecule has 2 aliphatic rings. The fourth-order valence-electron chi connectivity index (χ4n) is 5.39. The Morgan fingerprint density at radius 2 is 1.83 bits per heavy atom. The van der Waals surface area contributed by atoms with Gasteiger partial charge in [-0.15, -0.1) is 0 Å². The van der Waals surface area contributed by atoms with Crippen LogP contribution in [0.2, 0.25) is 0 Å². The molecule has 29 heavy (non-hydrogen) atoms. The zero-order chi connectivity index (χ0) is 20.5. The second-order valence-corrected chi connectivity index (χ2v) is 8.76. The maximum absolute atomic E-state index is 12.4. The van der Waals surface area contributed by atoms with Crippen LogP contribution < -0.4 is 0 Å². The fourth-order valence-corrected chi connectivity index (χ4v) is 5.39. The highest BCUT2D eigenvalue weighted by molar-refractivity contribution is 6.05. The van der Waals surface area contributed by atoms with Gasteiger partial charge in [0.1, 0.15) is 0 Å². The number of carbonyl (C=O) groups is 1. The van der Waals surface area contributed by atoms with Crippen LogP contribution in [0.25, 0.3) is 11.1 Å². The molecule has 0 fully saturated rings. The van der Waals surface area contributed by atoms with Gasteiger partial charge in [-0.3, -0.25) is 9.79 Å². The SMILES string of the molecule is CCC(CC)CCCC1c2ccc(C(C)=NC)cc2-c2c1ccc1c2CCC1=O. The summed E-state index contributed by atoms with van der Waals surface area (Å²) in [6, 6.07) is 11.2. The predicted molar refractivity (Wildman–Crippen MR) is 122 cm³/mol. The van der Waals surface area contributed by atoms with Crippen molar-refractivity contribution < 1.29 is 4.79 Å². The monoisotopic (exact) mass is 387 g/mol. The van der Waals surface area contributed by atoms with Crippen LogP contribution in [-0.4, -0.2) is 18.5 Å². The van der Waals surface area contributed by atoms with E-state index in [0.29, 0.717) is 18.1 Å². The first-order valence-electron chi connectivity index (χ1n) is 11.4. The van der Waals surface area contributed by atoms with Crippen LogP contribution in [0, 0.1) is 5.92 Å². The smallest absolute Gasteiger partial charge is 0.163 e. The Balaban J connectivity index is 1.76. The quantitative estimate of drug-likeness (QED) is 0.472. The van der Waals surface area contributed by atoms with Crippen LogP contribution in [0.4, 0.5) is 0 Å². The van der Waals surface area contributed by atoms with Crippen LogP contribution >= 0.6 is 0 Å². The van der Waals surface area contributed by atoms with Gasteiger partial charge in [-0.05, 0) is 65.1 Å². The molecule has 2 heteroatoms. The van der Waals surface area contributed by atoms with E-state index in [1.165, 1.54) is 65.5 Å². The summed E-state index contributed by atoms with van der Waals surface area (Å²) in [7, 11) is 1.85.